The molecule has 0 unspecified atom stereocenters. The second kappa shape index (κ2) is 13.8. The van der Waals surface area contributed by atoms with Gasteiger partial charge in [0.15, 0.2) is 0 Å². The van der Waals surface area contributed by atoms with Gasteiger partial charge in [0, 0.05) is 56.3 Å². The number of rotatable bonds is 9. The zero-order valence-electron chi connectivity index (χ0n) is 23.4. The van der Waals surface area contributed by atoms with Gasteiger partial charge in [-0.3, -0.25) is 19.8 Å². The summed E-state index contributed by atoms with van der Waals surface area (Å²) in [6.45, 7) is 7.43. The Morgan fingerprint density at radius 1 is 1.02 bits per heavy atom. The van der Waals surface area contributed by atoms with Crippen molar-refractivity contribution >= 4 is 34.9 Å². The van der Waals surface area contributed by atoms with E-state index in [-0.39, 0.29) is 17.9 Å². The molecule has 0 atom stereocenters. The van der Waals surface area contributed by atoms with Crippen molar-refractivity contribution in [1.29, 1.82) is 0 Å². The Morgan fingerprint density at radius 2 is 1.78 bits per heavy atom. The molecule has 0 bridgehead atoms. The average molecular weight is 576 g/mol. The van der Waals surface area contributed by atoms with Crippen LogP contribution >= 0.6 is 11.3 Å². The van der Waals surface area contributed by atoms with Gasteiger partial charge in [0.1, 0.15) is 6.10 Å². The van der Waals surface area contributed by atoms with Crippen LogP contribution in [0.4, 0.5) is 10.5 Å². The number of aryl methyl sites for hydroxylation is 1. The fraction of sp³-hybridized carbons (Fsp3) is 0.387. The molecule has 3 amide bonds. The molecule has 216 valence electrons. The van der Waals surface area contributed by atoms with Crippen LogP contribution in [0.25, 0.3) is 11.1 Å². The van der Waals surface area contributed by atoms with E-state index in [1.54, 1.807) is 0 Å². The van der Waals surface area contributed by atoms with Gasteiger partial charge in [0.05, 0.1) is 17.1 Å². The summed E-state index contributed by atoms with van der Waals surface area (Å²) in [5.41, 5.74) is 3.67. The zero-order chi connectivity index (χ0) is 28.6. The predicted molar refractivity (Wildman–Crippen MR) is 161 cm³/mol. The van der Waals surface area contributed by atoms with Crippen molar-refractivity contribution in [3.05, 3.63) is 76.0 Å². The topological polar surface area (TPSA) is 103 Å². The number of thiophene rings is 1. The molecule has 2 aliphatic rings. The van der Waals surface area contributed by atoms with E-state index >= 15 is 0 Å². The maximum Gasteiger partial charge on any atom is 0.411 e. The van der Waals surface area contributed by atoms with Gasteiger partial charge in [-0.05, 0) is 43.0 Å². The van der Waals surface area contributed by atoms with Crippen LogP contribution in [0.2, 0.25) is 0 Å². The lowest BCUT2D eigenvalue weighted by Gasteiger charge is -2.31. The third-order valence-corrected chi connectivity index (χ3v) is 8.66. The summed E-state index contributed by atoms with van der Waals surface area (Å²) in [6, 6.07) is 19.7. The quantitative estimate of drug-likeness (QED) is 0.355. The van der Waals surface area contributed by atoms with Crippen molar-refractivity contribution in [2.75, 3.05) is 51.1 Å². The molecule has 2 fully saturated rings. The van der Waals surface area contributed by atoms with E-state index < -0.39 is 6.09 Å². The van der Waals surface area contributed by atoms with Crippen molar-refractivity contribution in [3.63, 3.8) is 0 Å². The minimum absolute atomic E-state index is 0.0472. The maximum absolute atomic E-state index is 12.8. The molecule has 41 heavy (non-hydrogen) atoms. The number of benzene rings is 2. The van der Waals surface area contributed by atoms with Gasteiger partial charge in [-0.25, -0.2) is 4.79 Å². The summed E-state index contributed by atoms with van der Waals surface area (Å²) in [6.07, 6.45) is 0.934. The Kier molecular flexibility index (Phi) is 9.66. The molecule has 2 saturated heterocycles. The Labute approximate surface area is 244 Å². The van der Waals surface area contributed by atoms with E-state index in [9.17, 15) is 14.4 Å². The Morgan fingerprint density at radius 3 is 2.56 bits per heavy atom. The summed E-state index contributed by atoms with van der Waals surface area (Å²) in [5.74, 6) is -0.00761. The van der Waals surface area contributed by atoms with E-state index in [4.69, 9.17) is 4.74 Å². The van der Waals surface area contributed by atoms with Crippen LogP contribution < -0.4 is 16.0 Å². The first-order valence-electron chi connectivity index (χ1n) is 14.2. The highest BCUT2D eigenvalue weighted by molar-refractivity contribution is 7.14. The smallest absolute Gasteiger partial charge is 0.411 e. The van der Waals surface area contributed by atoms with E-state index in [2.05, 4.69) is 25.8 Å². The minimum atomic E-state index is -0.437. The number of ether oxygens (including phenoxy) is 1. The van der Waals surface area contributed by atoms with E-state index in [0.29, 0.717) is 26.2 Å². The number of amides is 3. The highest BCUT2D eigenvalue weighted by Gasteiger charge is 2.23. The van der Waals surface area contributed by atoms with Crippen LogP contribution in [0, 0.1) is 6.92 Å². The molecule has 3 aromatic rings. The molecule has 2 aliphatic heterocycles. The van der Waals surface area contributed by atoms with Crippen molar-refractivity contribution < 1.29 is 19.1 Å². The van der Waals surface area contributed by atoms with Crippen LogP contribution in [0.3, 0.4) is 0 Å². The molecule has 5 rings (SSSR count). The van der Waals surface area contributed by atoms with Crippen molar-refractivity contribution in [2.45, 2.75) is 32.4 Å². The third kappa shape index (κ3) is 7.93. The summed E-state index contributed by atoms with van der Waals surface area (Å²) in [7, 11) is 0. The predicted octanol–water partition coefficient (Wildman–Crippen LogP) is 4.10. The molecule has 3 heterocycles. The third-order valence-electron chi connectivity index (χ3n) is 7.44. The summed E-state index contributed by atoms with van der Waals surface area (Å²) in [4.78, 5) is 43.4. The second-order valence-corrected chi connectivity index (χ2v) is 11.7. The van der Waals surface area contributed by atoms with Crippen LogP contribution in [0.1, 0.15) is 33.0 Å². The Hall–Kier alpha value is -3.73. The summed E-state index contributed by atoms with van der Waals surface area (Å²) in [5, 5.41) is 8.82. The molecular weight excluding hydrogens is 538 g/mol. The molecule has 1 aromatic heterocycles. The monoisotopic (exact) mass is 575 g/mol. The van der Waals surface area contributed by atoms with E-state index in [1.807, 2.05) is 67.6 Å². The minimum Gasteiger partial charge on any atom is -0.446 e. The summed E-state index contributed by atoms with van der Waals surface area (Å²) < 4.78 is 5.74. The highest BCUT2D eigenvalue weighted by Crippen LogP contribution is 2.28. The van der Waals surface area contributed by atoms with E-state index in [1.165, 1.54) is 11.3 Å². The first kappa shape index (κ1) is 28.8. The molecule has 3 N–H and O–H groups in total. The number of nitrogens with zero attached hydrogens (tertiary/aromatic N) is 2. The standard InChI is InChI=1S/C31H37N5O4S/c1-22-19-25(20-36-18-13-32-28(37)21-36)41-29(22)30(38)33-14-17-35-15-11-24(12-16-35)40-31(39)34-27-10-6-5-9-26(27)23-7-3-2-4-8-23/h2-10,19,24H,11-18,20-21H2,1H3,(H,32,37)(H,33,38)(H,34,39). The number of para-hydroxylation sites is 1. The lowest BCUT2D eigenvalue weighted by atomic mass is 10.0. The molecule has 0 spiro atoms. The van der Waals surface area contributed by atoms with Gasteiger partial charge in [-0.1, -0.05) is 48.5 Å². The molecule has 0 radical (unpaired) electrons. The fourth-order valence-corrected chi connectivity index (χ4v) is 6.44. The molecule has 0 aliphatic carbocycles. The van der Waals surface area contributed by atoms with Crippen LogP contribution in [-0.4, -0.2) is 79.6 Å². The maximum atomic E-state index is 12.8. The van der Waals surface area contributed by atoms with Crippen molar-refractivity contribution in [1.82, 2.24) is 20.4 Å². The lowest BCUT2D eigenvalue weighted by molar-refractivity contribution is -0.124. The van der Waals surface area contributed by atoms with Crippen LogP contribution in [0.15, 0.2) is 60.7 Å². The number of hydrogen-bond acceptors (Lipinski definition) is 7. The number of piperazine rings is 1. The van der Waals surface area contributed by atoms with Crippen molar-refractivity contribution in [2.24, 2.45) is 0 Å². The first-order valence-corrected chi connectivity index (χ1v) is 15.0. The Balaban J connectivity index is 1.02. The average Bonchev–Trinajstić information content (AvgIpc) is 3.34. The largest absolute Gasteiger partial charge is 0.446 e. The molecule has 0 saturated carbocycles. The zero-order valence-corrected chi connectivity index (χ0v) is 24.2. The number of anilines is 1. The van der Waals surface area contributed by atoms with Gasteiger partial charge < -0.3 is 20.3 Å². The fourth-order valence-electron chi connectivity index (χ4n) is 5.31. The SMILES string of the molecule is Cc1cc(CN2CCNC(=O)C2)sc1C(=O)NCCN1CCC(OC(=O)Nc2ccccc2-c2ccccc2)CC1. The van der Waals surface area contributed by atoms with Gasteiger partial charge >= 0.3 is 6.09 Å². The summed E-state index contributed by atoms with van der Waals surface area (Å²) >= 11 is 1.50. The van der Waals surface area contributed by atoms with E-state index in [0.717, 1.165) is 71.2 Å². The molecule has 10 heteroatoms. The number of carbonyl (C=O) groups excluding carboxylic acids is 3. The molecular formula is C31H37N5O4S. The number of piperidine rings is 1. The molecule has 2 aromatic carbocycles. The van der Waals surface area contributed by atoms with Gasteiger partial charge in [0.25, 0.3) is 5.91 Å². The Bertz CT molecular complexity index is 1350. The second-order valence-electron chi connectivity index (χ2n) is 10.5. The number of likely N-dealkylation sites (tertiary alicyclic amines) is 1. The van der Waals surface area contributed by atoms with Gasteiger partial charge in [0.2, 0.25) is 5.91 Å². The van der Waals surface area contributed by atoms with Crippen molar-refractivity contribution in [3.8, 4) is 11.1 Å². The highest BCUT2D eigenvalue weighted by atomic mass is 32.1. The van der Waals surface area contributed by atoms with Gasteiger partial charge in [-0.2, -0.15) is 0 Å². The number of hydrogen-bond donors (Lipinski definition) is 3. The van der Waals surface area contributed by atoms with Gasteiger partial charge in [-0.15, -0.1) is 11.3 Å². The lowest BCUT2D eigenvalue weighted by Crippen LogP contribution is -2.46. The normalized spacial score (nSPS) is 16.7. The van der Waals surface area contributed by atoms with Crippen LogP contribution in [0.5, 0.6) is 0 Å². The molecule has 9 nitrogen and oxygen atoms in total. The van der Waals surface area contributed by atoms with Crippen LogP contribution in [-0.2, 0) is 16.1 Å². The number of carbonyl (C=O) groups is 3. The number of nitrogens with one attached hydrogen (secondary N) is 3. The first-order chi connectivity index (χ1) is 19.9.